The van der Waals surface area contributed by atoms with Crippen molar-refractivity contribution in [3.05, 3.63) is 0 Å². The normalized spacial score (nSPS) is 13.2. The Morgan fingerprint density at radius 2 is 2.23 bits per heavy atom. The van der Waals surface area contributed by atoms with Gasteiger partial charge in [0.05, 0.1) is 4.99 Å². The molecule has 0 fully saturated rings. The van der Waals surface area contributed by atoms with Crippen molar-refractivity contribution in [1.82, 2.24) is 4.90 Å². The molecule has 0 aliphatic rings. The van der Waals surface area contributed by atoms with Crippen LogP contribution >= 0.6 is 24.0 Å². The summed E-state index contributed by atoms with van der Waals surface area (Å²) in [6.07, 6.45) is 0. The molecule has 0 aliphatic carbocycles. The van der Waals surface area contributed by atoms with E-state index in [2.05, 4.69) is 25.8 Å². The average Bonchev–Trinajstić information content (AvgIpc) is 2.04. The molecule has 0 heterocycles. The van der Waals surface area contributed by atoms with E-state index in [1.807, 2.05) is 11.8 Å². The molecule has 4 heteroatoms. The van der Waals surface area contributed by atoms with Crippen molar-refractivity contribution < 1.29 is 0 Å². The van der Waals surface area contributed by atoms with E-state index < -0.39 is 0 Å². The van der Waals surface area contributed by atoms with Crippen LogP contribution in [0.1, 0.15) is 13.8 Å². The second-order valence-corrected chi connectivity index (χ2v) is 5.13. The van der Waals surface area contributed by atoms with E-state index in [1.165, 1.54) is 11.5 Å². The van der Waals surface area contributed by atoms with Crippen LogP contribution in [0.4, 0.5) is 0 Å². The molecule has 1 atom stereocenters. The van der Waals surface area contributed by atoms with Gasteiger partial charge in [-0.2, -0.15) is 11.8 Å². The number of rotatable bonds is 7. The fourth-order valence-corrected chi connectivity index (χ4v) is 1.82. The number of thiocarbonyl (C=S) groups is 1. The third kappa shape index (κ3) is 7.28. The summed E-state index contributed by atoms with van der Waals surface area (Å²) in [5.41, 5.74) is 5.54. The van der Waals surface area contributed by atoms with Crippen molar-refractivity contribution >= 4 is 29.0 Å². The minimum absolute atomic E-state index is 0.326. The molecule has 0 aromatic heterocycles. The van der Waals surface area contributed by atoms with Crippen molar-refractivity contribution in [1.29, 1.82) is 0 Å². The Kier molecular flexibility index (Phi) is 7.71. The first-order valence-corrected chi connectivity index (χ1v) is 6.19. The largest absolute Gasteiger partial charge is 0.393 e. The van der Waals surface area contributed by atoms with Gasteiger partial charge in [0.2, 0.25) is 0 Å². The monoisotopic (exact) mass is 220 g/mol. The molecule has 2 N–H and O–H groups in total. The summed E-state index contributed by atoms with van der Waals surface area (Å²) in [6.45, 7) is 6.35. The smallest absolute Gasteiger partial charge is 0.0768 e. The van der Waals surface area contributed by atoms with Crippen LogP contribution in [0.3, 0.4) is 0 Å². The highest BCUT2D eigenvalue weighted by atomic mass is 32.2. The summed E-state index contributed by atoms with van der Waals surface area (Å²) in [5, 5.41) is 0. The minimum Gasteiger partial charge on any atom is -0.393 e. The highest BCUT2D eigenvalue weighted by molar-refractivity contribution is 7.99. The second kappa shape index (κ2) is 7.59. The summed E-state index contributed by atoms with van der Waals surface area (Å²) in [6, 6.07) is 0. The first-order chi connectivity index (χ1) is 6.07. The van der Waals surface area contributed by atoms with Gasteiger partial charge in [-0.25, -0.2) is 0 Å². The fourth-order valence-electron chi connectivity index (χ4n) is 1.01. The van der Waals surface area contributed by atoms with Crippen LogP contribution in [0.2, 0.25) is 0 Å². The number of nitrogens with zero attached hydrogens (tertiary/aromatic N) is 1. The highest BCUT2D eigenvalue weighted by Crippen LogP contribution is 2.02. The Labute approximate surface area is 91.2 Å². The van der Waals surface area contributed by atoms with Crippen LogP contribution in [0.25, 0.3) is 0 Å². The van der Waals surface area contributed by atoms with Gasteiger partial charge in [-0.15, -0.1) is 0 Å². The maximum absolute atomic E-state index is 5.54. The van der Waals surface area contributed by atoms with Gasteiger partial charge >= 0.3 is 0 Å². The van der Waals surface area contributed by atoms with Crippen molar-refractivity contribution in [3.63, 3.8) is 0 Å². The van der Waals surface area contributed by atoms with Gasteiger partial charge in [-0.3, -0.25) is 0 Å². The Morgan fingerprint density at radius 1 is 1.62 bits per heavy atom. The van der Waals surface area contributed by atoms with E-state index in [9.17, 15) is 0 Å². The summed E-state index contributed by atoms with van der Waals surface area (Å²) in [4.78, 5) is 2.90. The third-order valence-electron chi connectivity index (χ3n) is 1.89. The van der Waals surface area contributed by atoms with Crippen molar-refractivity contribution in [2.75, 3.05) is 31.6 Å². The molecule has 0 rings (SSSR count). The number of hydrogen-bond acceptors (Lipinski definition) is 3. The molecule has 0 bridgehead atoms. The van der Waals surface area contributed by atoms with Gasteiger partial charge in [0.25, 0.3) is 0 Å². The molecule has 13 heavy (non-hydrogen) atoms. The Morgan fingerprint density at radius 3 is 2.69 bits per heavy atom. The van der Waals surface area contributed by atoms with Crippen LogP contribution in [0.15, 0.2) is 0 Å². The zero-order chi connectivity index (χ0) is 10.3. The molecular formula is C9H20N2S2. The van der Waals surface area contributed by atoms with E-state index in [-0.39, 0.29) is 0 Å². The fraction of sp³-hybridized carbons (Fsp3) is 0.889. The SMILES string of the molecule is CCSCCN(C)CC(C)C(N)=S. The lowest BCUT2D eigenvalue weighted by molar-refractivity contribution is 0.334. The Hall–Kier alpha value is 0.200. The first-order valence-electron chi connectivity index (χ1n) is 4.63. The van der Waals surface area contributed by atoms with Gasteiger partial charge in [0.15, 0.2) is 0 Å². The van der Waals surface area contributed by atoms with Crippen LogP contribution in [-0.4, -0.2) is 41.5 Å². The quantitative estimate of drug-likeness (QED) is 0.521. The lowest BCUT2D eigenvalue weighted by atomic mass is 10.2. The highest BCUT2D eigenvalue weighted by Gasteiger charge is 2.07. The van der Waals surface area contributed by atoms with E-state index >= 15 is 0 Å². The average molecular weight is 220 g/mol. The molecule has 0 saturated carbocycles. The van der Waals surface area contributed by atoms with Crippen molar-refractivity contribution in [2.45, 2.75) is 13.8 Å². The zero-order valence-electron chi connectivity index (χ0n) is 8.75. The molecule has 0 amide bonds. The summed E-state index contributed by atoms with van der Waals surface area (Å²) in [5.74, 6) is 2.71. The zero-order valence-corrected chi connectivity index (χ0v) is 10.4. The van der Waals surface area contributed by atoms with Crippen LogP contribution in [0.5, 0.6) is 0 Å². The predicted molar refractivity (Wildman–Crippen MR) is 66.4 cm³/mol. The van der Waals surface area contributed by atoms with Gasteiger partial charge in [0.1, 0.15) is 0 Å². The molecule has 0 aliphatic heterocycles. The minimum atomic E-state index is 0.326. The lowest BCUT2D eigenvalue weighted by Gasteiger charge is -2.20. The molecule has 78 valence electrons. The van der Waals surface area contributed by atoms with E-state index in [0.29, 0.717) is 10.9 Å². The summed E-state index contributed by atoms with van der Waals surface area (Å²) >= 11 is 6.88. The van der Waals surface area contributed by atoms with E-state index in [4.69, 9.17) is 18.0 Å². The van der Waals surface area contributed by atoms with Gasteiger partial charge < -0.3 is 10.6 Å². The topological polar surface area (TPSA) is 29.3 Å². The van der Waals surface area contributed by atoms with Gasteiger partial charge in [0, 0.05) is 24.8 Å². The molecule has 0 aromatic carbocycles. The van der Waals surface area contributed by atoms with Crippen LogP contribution < -0.4 is 5.73 Å². The Balaban J connectivity index is 3.49. The number of thioether (sulfide) groups is 1. The summed E-state index contributed by atoms with van der Waals surface area (Å²) < 4.78 is 0. The number of nitrogens with two attached hydrogens (primary N) is 1. The molecule has 0 spiro atoms. The maximum atomic E-state index is 5.54. The maximum Gasteiger partial charge on any atom is 0.0768 e. The van der Waals surface area contributed by atoms with Crippen molar-refractivity contribution in [3.8, 4) is 0 Å². The Bertz CT molecular complexity index is 151. The molecule has 1 unspecified atom stereocenters. The van der Waals surface area contributed by atoms with Crippen LogP contribution in [-0.2, 0) is 0 Å². The lowest BCUT2D eigenvalue weighted by Crippen LogP contribution is -2.32. The molecular weight excluding hydrogens is 200 g/mol. The first kappa shape index (κ1) is 13.2. The van der Waals surface area contributed by atoms with E-state index in [1.54, 1.807) is 0 Å². The second-order valence-electron chi connectivity index (χ2n) is 3.26. The molecule has 0 aromatic rings. The van der Waals surface area contributed by atoms with Crippen molar-refractivity contribution in [2.24, 2.45) is 11.7 Å². The number of hydrogen-bond donors (Lipinski definition) is 1. The molecule has 0 saturated heterocycles. The summed E-state index contributed by atoms with van der Waals surface area (Å²) in [7, 11) is 2.12. The van der Waals surface area contributed by atoms with Gasteiger partial charge in [-0.05, 0) is 12.8 Å². The standard InChI is InChI=1S/C9H20N2S2/c1-4-13-6-5-11(3)7-8(2)9(10)12/h8H,4-7H2,1-3H3,(H2,10,12). The van der Waals surface area contributed by atoms with Gasteiger partial charge in [-0.1, -0.05) is 26.1 Å². The molecule has 2 nitrogen and oxygen atoms in total. The van der Waals surface area contributed by atoms with E-state index in [0.717, 1.165) is 13.1 Å². The third-order valence-corrected chi connectivity index (χ3v) is 3.17. The van der Waals surface area contributed by atoms with Crippen LogP contribution in [0, 0.1) is 5.92 Å². The molecule has 0 radical (unpaired) electrons. The predicted octanol–water partition coefficient (Wildman–Crippen LogP) is 1.59.